The van der Waals surface area contributed by atoms with E-state index in [1.807, 2.05) is 0 Å². The number of hydrogen-bond acceptors (Lipinski definition) is 14. The van der Waals surface area contributed by atoms with Gasteiger partial charge in [0.15, 0.2) is 0 Å². The molecule has 26 heteroatoms. The molecule has 0 bridgehead atoms. The molecule has 4 N–H and O–H groups in total. The second kappa shape index (κ2) is 24.6. The van der Waals surface area contributed by atoms with Crippen molar-refractivity contribution in [2.24, 2.45) is 11.8 Å². The van der Waals surface area contributed by atoms with E-state index in [0.29, 0.717) is 44.1 Å². The SMILES string of the molecule is COc1ncc(-c2ccc3ncn(C[C@@H](C)C(=O)NC4CCC4)c(=O)c3c2)cc1NS(=O)(=O)c1ccc(F)cc1Cl.COc1ncc(-c2ccc3ncn(C[C@H](C)C(=O)NC4CCC4)c(=O)c3c2)cc1NS(=O)(=O)c1ccc(F)cc1Cl. The summed E-state index contributed by atoms with van der Waals surface area (Å²) in [4.78, 5) is 68.3. The van der Waals surface area contributed by atoms with E-state index < -0.39 is 43.5 Å². The van der Waals surface area contributed by atoms with Crippen molar-refractivity contribution in [3.63, 3.8) is 0 Å². The molecule has 2 saturated carbocycles. The van der Waals surface area contributed by atoms with Gasteiger partial charge in [-0.15, -0.1) is 0 Å². The Balaban J connectivity index is 0.000000198. The second-order valence-electron chi connectivity index (χ2n) is 19.9. The van der Waals surface area contributed by atoms with Crippen molar-refractivity contribution in [1.29, 1.82) is 0 Å². The topological polar surface area (TPSA) is 265 Å². The summed E-state index contributed by atoms with van der Waals surface area (Å²) >= 11 is 12.0. The lowest BCUT2D eigenvalue weighted by Crippen LogP contribution is -2.43. The van der Waals surface area contributed by atoms with Crippen LogP contribution in [0.25, 0.3) is 44.1 Å². The van der Waals surface area contributed by atoms with E-state index in [2.05, 4.69) is 40.0 Å². The van der Waals surface area contributed by atoms with Gasteiger partial charge in [0.2, 0.25) is 23.6 Å². The van der Waals surface area contributed by atoms with Gasteiger partial charge in [0.05, 0.1) is 70.6 Å². The lowest BCUT2D eigenvalue weighted by Gasteiger charge is -2.27. The van der Waals surface area contributed by atoms with E-state index in [1.165, 1.54) is 60.5 Å². The molecule has 2 aliphatic carbocycles. The Morgan fingerprint density at radius 3 is 1.32 bits per heavy atom. The minimum Gasteiger partial charge on any atom is -0.480 e. The first-order valence-electron chi connectivity index (χ1n) is 25.7. The second-order valence-corrected chi connectivity index (χ2v) is 24.0. The number of halogens is 4. The number of amides is 2. The molecule has 10 rings (SSSR count). The van der Waals surface area contributed by atoms with Gasteiger partial charge in [-0.3, -0.25) is 37.8 Å². The third kappa shape index (κ3) is 13.1. The molecule has 4 aromatic heterocycles. The average Bonchev–Trinajstić information content (AvgIpc) is 3.62. The fourth-order valence-corrected chi connectivity index (χ4v) is 12.1. The molecule has 82 heavy (non-hydrogen) atoms. The number of carbonyl (C=O) groups is 2. The maximum absolute atomic E-state index is 13.5. The van der Waals surface area contributed by atoms with Gasteiger partial charge >= 0.3 is 0 Å². The molecule has 2 aliphatic rings. The largest absolute Gasteiger partial charge is 0.480 e. The Morgan fingerprint density at radius 2 is 0.976 bits per heavy atom. The number of benzene rings is 4. The number of pyridine rings is 2. The monoisotopic (exact) mass is 1200 g/mol. The van der Waals surface area contributed by atoms with Gasteiger partial charge in [0.25, 0.3) is 31.2 Å². The summed E-state index contributed by atoms with van der Waals surface area (Å²) in [6, 6.07) is 19.4. The molecule has 0 unspecified atom stereocenters. The van der Waals surface area contributed by atoms with Crippen LogP contribution in [-0.4, -0.2) is 84.0 Å². The molecule has 2 amide bonds. The average molecular weight is 1200 g/mol. The minimum atomic E-state index is -4.23. The molecular weight excluding hydrogens is 1150 g/mol. The summed E-state index contributed by atoms with van der Waals surface area (Å²) in [6.45, 7) is 3.89. The Labute approximate surface area is 479 Å². The summed E-state index contributed by atoms with van der Waals surface area (Å²) in [6.07, 6.45) is 11.9. The number of anilines is 2. The van der Waals surface area contributed by atoms with E-state index >= 15 is 0 Å². The predicted molar refractivity (Wildman–Crippen MR) is 306 cm³/mol. The normalized spacial score (nSPS) is 14.3. The van der Waals surface area contributed by atoms with Gasteiger partial charge in [0, 0.05) is 48.7 Å². The molecule has 0 saturated heterocycles. The van der Waals surface area contributed by atoms with Gasteiger partial charge in [-0.05, 0) is 122 Å². The number of aromatic nitrogens is 6. The number of methoxy groups -OCH3 is 2. The first-order chi connectivity index (χ1) is 39.1. The maximum Gasteiger partial charge on any atom is 0.263 e. The highest BCUT2D eigenvalue weighted by atomic mass is 35.5. The zero-order chi connectivity index (χ0) is 58.6. The van der Waals surface area contributed by atoms with Crippen LogP contribution in [-0.2, 0) is 42.7 Å². The molecule has 0 spiro atoms. The molecule has 428 valence electrons. The van der Waals surface area contributed by atoms with Crippen LogP contribution in [0.1, 0.15) is 52.4 Å². The number of rotatable bonds is 18. The Kier molecular flexibility index (Phi) is 17.6. The van der Waals surface area contributed by atoms with E-state index in [1.54, 1.807) is 50.2 Å². The summed E-state index contributed by atoms with van der Waals surface area (Å²) < 4.78 is 97.2. The van der Waals surface area contributed by atoms with Gasteiger partial charge in [-0.25, -0.2) is 45.6 Å². The lowest BCUT2D eigenvalue weighted by molar-refractivity contribution is -0.127. The number of nitrogens with one attached hydrogen (secondary N) is 4. The molecule has 8 aromatic rings. The highest BCUT2D eigenvalue weighted by Crippen LogP contribution is 2.35. The highest BCUT2D eigenvalue weighted by Gasteiger charge is 2.27. The molecule has 2 atom stereocenters. The van der Waals surface area contributed by atoms with Crippen LogP contribution in [0.4, 0.5) is 20.2 Å². The van der Waals surface area contributed by atoms with Crippen molar-refractivity contribution >= 4 is 88.2 Å². The van der Waals surface area contributed by atoms with Gasteiger partial charge < -0.3 is 20.1 Å². The molecule has 0 aliphatic heterocycles. The van der Waals surface area contributed by atoms with Crippen LogP contribution in [0.15, 0.2) is 129 Å². The molecule has 0 radical (unpaired) electrons. The van der Waals surface area contributed by atoms with Crippen molar-refractivity contribution in [3.05, 3.63) is 152 Å². The van der Waals surface area contributed by atoms with Gasteiger partial charge in [0.1, 0.15) is 32.8 Å². The molecule has 20 nitrogen and oxygen atoms in total. The van der Waals surface area contributed by atoms with Gasteiger partial charge in [-0.2, -0.15) is 0 Å². The minimum absolute atomic E-state index is 0.00506. The Hall–Kier alpha value is -8.06. The highest BCUT2D eigenvalue weighted by molar-refractivity contribution is 7.93. The molecule has 2 fully saturated rings. The fourth-order valence-electron chi connectivity index (χ4n) is 8.96. The first-order valence-corrected chi connectivity index (χ1v) is 29.5. The fraction of sp³-hybridized carbons (Fsp3) is 0.286. The van der Waals surface area contributed by atoms with Gasteiger partial charge in [-0.1, -0.05) is 49.2 Å². The Bertz CT molecular complexity index is 3880. The number of sulfonamides is 2. The first kappa shape index (κ1) is 58.6. The van der Waals surface area contributed by atoms with Crippen LogP contribution in [0, 0.1) is 23.5 Å². The smallest absolute Gasteiger partial charge is 0.263 e. The van der Waals surface area contributed by atoms with Crippen molar-refractivity contribution < 1.29 is 44.7 Å². The summed E-state index contributed by atoms with van der Waals surface area (Å²) in [5, 5.41) is 6.10. The van der Waals surface area contributed by atoms with E-state index in [9.17, 15) is 44.8 Å². The number of fused-ring (bicyclic) bond motifs is 2. The van der Waals surface area contributed by atoms with Crippen molar-refractivity contribution in [3.8, 4) is 34.0 Å². The van der Waals surface area contributed by atoms with Crippen LogP contribution in [0.5, 0.6) is 11.8 Å². The molecular formula is C56H54Cl2F2N10O10S2. The Morgan fingerprint density at radius 1 is 0.585 bits per heavy atom. The lowest BCUT2D eigenvalue weighted by atomic mass is 9.92. The zero-order valence-corrected chi connectivity index (χ0v) is 47.6. The molecule has 4 heterocycles. The zero-order valence-electron chi connectivity index (χ0n) is 44.5. The quantitative estimate of drug-likeness (QED) is 0.0626. The molecule has 4 aromatic carbocycles. The standard InChI is InChI=1S/2C28H27ClFN5O5S/c2*1-16(26(36)33-20-4-3-5-20)14-35-15-32-23-8-6-17(10-21(23)28(35)37)18-11-24(27(40-2)31-13-18)34-41(38,39)25-9-7-19(30)12-22(25)29/h2*6-13,15-16,20,34H,3-5,14H2,1-2H3,(H,33,36)/t2*16-/m10/s1. The van der Waals surface area contributed by atoms with Crippen molar-refractivity contribution in [2.45, 2.75) is 87.3 Å². The van der Waals surface area contributed by atoms with E-state index in [-0.39, 0.29) is 91.1 Å². The van der Waals surface area contributed by atoms with Crippen LogP contribution in [0.3, 0.4) is 0 Å². The number of hydrogen-bond donors (Lipinski definition) is 4. The maximum atomic E-state index is 13.5. The third-order valence-electron chi connectivity index (χ3n) is 14.0. The van der Waals surface area contributed by atoms with E-state index in [4.69, 9.17) is 32.7 Å². The number of ether oxygens (including phenoxy) is 2. The van der Waals surface area contributed by atoms with Crippen LogP contribution in [0.2, 0.25) is 10.0 Å². The van der Waals surface area contributed by atoms with Crippen LogP contribution < -0.4 is 40.7 Å². The number of nitrogens with zero attached hydrogens (tertiary/aromatic N) is 6. The summed E-state index contributed by atoms with van der Waals surface area (Å²) in [7, 11) is -5.79. The van der Waals surface area contributed by atoms with Crippen molar-refractivity contribution in [1.82, 2.24) is 39.7 Å². The summed E-state index contributed by atoms with van der Waals surface area (Å²) in [5.41, 5.74) is 2.45. The van der Waals surface area contributed by atoms with Crippen molar-refractivity contribution in [2.75, 3.05) is 23.7 Å². The summed E-state index contributed by atoms with van der Waals surface area (Å²) in [5.74, 6) is -2.41. The third-order valence-corrected chi connectivity index (χ3v) is 17.7. The van der Waals surface area contributed by atoms with E-state index in [0.717, 1.165) is 74.9 Å². The van der Waals surface area contributed by atoms with Crippen LogP contribution >= 0.6 is 23.2 Å². The number of carbonyl (C=O) groups excluding carboxylic acids is 2. The predicted octanol–water partition coefficient (Wildman–Crippen LogP) is 8.73.